The molecule has 18 heavy (non-hydrogen) atoms. The van der Waals surface area contributed by atoms with E-state index in [4.69, 9.17) is 0 Å². The third-order valence-electron chi connectivity index (χ3n) is 4.44. The lowest BCUT2D eigenvalue weighted by atomic mass is 9.99. The zero-order chi connectivity index (χ0) is 12.8. The first kappa shape index (κ1) is 11.7. The van der Waals surface area contributed by atoms with E-state index in [1.165, 1.54) is 18.5 Å². The number of aryl methyl sites for hydroxylation is 1. The molecule has 2 unspecified atom stereocenters. The average molecular weight is 244 g/mol. The van der Waals surface area contributed by atoms with E-state index in [1.54, 1.807) is 0 Å². The SMILES string of the molecule is Cc1ncn(C2CCC(C#N)(NC3CC3)C2)c1C. The van der Waals surface area contributed by atoms with Crippen molar-refractivity contribution < 1.29 is 0 Å². The van der Waals surface area contributed by atoms with Gasteiger partial charge in [0, 0.05) is 17.8 Å². The molecule has 1 heterocycles. The monoisotopic (exact) mass is 244 g/mol. The second-order valence-corrected chi connectivity index (χ2v) is 5.83. The number of nitrogens with zero attached hydrogens (tertiary/aromatic N) is 3. The van der Waals surface area contributed by atoms with Crippen molar-refractivity contribution in [1.82, 2.24) is 14.9 Å². The molecule has 2 aliphatic rings. The van der Waals surface area contributed by atoms with Gasteiger partial charge in [-0.1, -0.05) is 0 Å². The quantitative estimate of drug-likeness (QED) is 0.887. The van der Waals surface area contributed by atoms with Crippen LogP contribution in [0, 0.1) is 25.2 Å². The van der Waals surface area contributed by atoms with E-state index in [2.05, 4.69) is 27.9 Å². The van der Waals surface area contributed by atoms with Crippen molar-refractivity contribution in [2.75, 3.05) is 0 Å². The fourth-order valence-electron chi connectivity index (χ4n) is 3.02. The molecule has 0 aromatic carbocycles. The summed E-state index contributed by atoms with van der Waals surface area (Å²) in [6.45, 7) is 4.16. The Bertz CT molecular complexity index is 494. The Balaban J connectivity index is 1.77. The summed E-state index contributed by atoms with van der Waals surface area (Å²) >= 11 is 0. The zero-order valence-corrected chi connectivity index (χ0v) is 11.1. The molecule has 4 nitrogen and oxygen atoms in total. The lowest BCUT2D eigenvalue weighted by molar-refractivity contribution is 0.395. The zero-order valence-electron chi connectivity index (χ0n) is 11.1. The van der Waals surface area contributed by atoms with Crippen molar-refractivity contribution in [2.45, 2.75) is 63.6 Å². The molecule has 2 aliphatic carbocycles. The highest BCUT2D eigenvalue weighted by Gasteiger charge is 2.43. The molecule has 0 aliphatic heterocycles. The number of hydrogen-bond acceptors (Lipinski definition) is 3. The summed E-state index contributed by atoms with van der Waals surface area (Å²) in [7, 11) is 0. The predicted octanol–water partition coefficient (Wildman–Crippen LogP) is 2.24. The maximum absolute atomic E-state index is 9.50. The van der Waals surface area contributed by atoms with Crippen LogP contribution in [0.1, 0.15) is 49.5 Å². The van der Waals surface area contributed by atoms with E-state index in [9.17, 15) is 5.26 Å². The molecule has 4 heteroatoms. The van der Waals surface area contributed by atoms with E-state index in [0.717, 1.165) is 25.0 Å². The van der Waals surface area contributed by atoms with Crippen molar-refractivity contribution in [1.29, 1.82) is 5.26 Å². The molecule has 1 aromatic heterocycles. The number of rotatable bonds is 3. The van der Waals surface area contributed by atoms with Gasteiger partial charge >= 0.3 is 0 Å². The summed E-state index contributed by atoms with van der Waals surface area (Å²) in [6.07, 6.45) is 7.34. The second-order valence-electron chi connectivity index (χ2n) is 5.83. The van der Waals surface area contributed by atoms with Crippen LogP contribution in [0.15, 0.2) is 6.33 Å². The lowest BCUT2D eigenvalue weighted by Crippen LogP contribution is -2.43. The lowest BCUT2D eigenvalue weighted by Gasteiger charge is -2.23. The largest absolute Gasteiger partial charge is 0.331 e. The highest BCUT2D eigenvalue weighted by Crippen LogP contribution is 2.40. The topological polar surface area (TPSA) is 53.6 Å². The van der Waals surface area contributed by atoms with Gasteiger partial charge in [0.1, 0.15) is 5.54 Å². The number of aromatic nitrogens is 2. The van der Waals surface area contributed by atoms with Crippen LogP contribution in [0.5, 0.6) is 0 Å². The minimum Gasteiger partial charge on any atom is -0.331 e. The van der Waals surface area contributed by atoms with Crippen molar-refractivity contribution in [3.8, 4) is 6.07 Å². The molecule has 2 saturated carbocycles. The molecule has 1 aromatic rings. The first-order valence-corrected chi connectivity index (χ1v) is 6.82. The fraction of sp³-hybridized carbons (Fsp3) is 0.714. The molecule has 2 atom stereocenters. The molecule has 0 amide bonds. The van der Waals surface area contributed by atoms with Gasteiger partial charge in [0.15, 0.2) is 0 Å². The predicted molar refractivity (Wildman–Crippen MR) is 69.1 cm³/mol. The standard InChI is InChI=1S/C14H20N4/c1-10-11(2)18(9-16-10)13-5-6-14(7-13,8-15)17-12-3-4-12/h9,12-13,17H,3-7H2,1-2H3. The van der Waals surface area contributed by atoms with E-state index in [-0.39, 0.29) is 5.54 Å². The number of hydrogen-bond donors (Lipinski definition) is 1. The van der Waals surface area contributed by atoms with Crippen LogP contribution in [0.3, 0.4) is 0 Å². The van der Waals surface area contributed by atoms with Crippen molar-refractivity contribution >= 4 is 0 Å². The van der Waals surface area contributed by atoms with Crippen LogP contribution in [0.2, 0.25) is 0 Å². The normalized spacial score (nSPS) is 31.5. The molecular weight excluding hydrogens is 224 g/mol. The van der Waals surface area contributed by atoms with Crippen LogP contribution in [0.4, 0.5) is 0 Å². The minimum absolute atomic E-state index is 0.295. The Labute approximate surface area is 108 Å². The molecule has 0 spiro atoms. The van der Waals surface area contributed by atoms with E-state index >= 15 is 0 Å². The van der Waals surface area contributed by atoms with E-state index < -0.39 is 0 Å². The Morgan fingerprint density at radius 1 is 1.44 bits per heavy atom. The first-order valence-electron chi connectivity index (χ1n) is 6.82. The van der Waals surface area contributed by atoms with E-state index in [1.807, 2.05) is 13.3 Å². The molecule has 1 N–H and O–H groups in total. The summed E-state index contributed by atoms with van der Waals surface area (Å²) in [5, 5.41) is 13.0. The minimum atomic E-state index is -0.295. The number of nitrogens with one attached hydrogen (secondary N) is 1. The van der Waals surface area contributed by atoms with Gasteiger partial charge in [0.25, 0.3) is 0 Å². The van der Waals surface area contributed by atoms with Gasteiger partial charge in [0.2, 0.25) is 0 Å². The average Bonchev–Trinajstić information content (AvgIpc) is 2.98. The fourth-order valence-corrected chi connectivity index (χ4v) is 3.02. The summed E-state index contributed by atoms with van der Waals surface area (Å²) in [5.41, 5.74) is 2.04. The summed E-state index contributed by atoms with van der Waals surface area (Å²) < 4.78 is 2.25. The first-order chi connectivity index (χ1) is 8.63. The van der Waals surface area contributed by atoms with Crippen LogP contribution in [-0.2, 0) is 0 Å². The summed E-state index contributed by atoms with van der Waals surface area (Å²) in [4.78, 5) is 4.37. The van der Waals surface area contributed by atoms with Crippen LogP contribution >= 0.6 is 0 Å². The van der Waals surface area contributed by atoms with Crippen molar-refractivity contribution in [2.24, 2.45) is 0 Å². The van der Waals surface area contributed by atoms with Gasteiger partial charge in [-0.2, -0.15) is 5.26 Å². The van der Waals surface area contributed by atoms with Crippen LogP contribution in [-0.4, -0.2) is 21.1 Å². The number of imidazole rings is 1. The third-order valence-corrected chi connectivity index (χ3v) is 4.44. The van der Waals surface area contributed by atoms with Gasteiger partial charge in [-0.05, 0) is 46.0 Å². The Hall–Kier alpha value is -1.34. The third kappa shape index (κ3) is 1.93. The molecule has 0 saturated heterocycles. The van der Waals surface area contributed by atoms with Crippen LogP contribution < -0.4 is 5.32 Å². The second kappa shape index (κ2) is 4.10. The van der Waals surface area contributed by atoms with Crippen molar-refractivity contribution in [3.63, 3.8) is 0 Å². The smallest absolute Gasteiger partial charge is 0.109 e. The van der Waals surface area contributed by atoms with E-state index in [0.29, 0.717) is 12.1 Å². The molecule has 2 fully saturated rings. The molecular formula is C14H20N4. The molecule has 3 rings (SSSR count). The Kier molecular flexibility index (Phi) is 2.67. The Morgan fingerprint density at radius 2 is 2.22 bits per heavy atom. The van der Waals surface area contributed by atoms with Gasteiger partial charge in [0.05, 0.1) is 18.1 Å². The Morgan fingerprint density at radius 3 is 2.78 bits per heavy atom. The van der Waals surface area contributed by atoms with Gasteiger partial charge in [-0.3, -0.25) is 5.32 Å². The van der Waals surface area contributed by atoms with Crippen molar-refractivity contribution in [3.05, 3.63) is 17.7 Å². The van der Waals surface area contributed by atoms with Crippen LogP contribution in [0.25, 0.3) is 0 Å². The molecule has 0 bridgehead atoms. The maximum atomic E-state index is 9.50. The molecule has 96 valence electrons. The maximum Gasteiger partial charge on any atom is 0.109 e. The summed E-state index contributed by atoms with van der Waals surface area (Å²) in [5.74, 6) is 0. The van der Waals surface area contributed by atoms with Gasteiger partial charge in [-0.25, -0.2) is 4.98 Å². The highest BCUT2D eigenvalue weighted by molar-refractivity contribution is 5.17. The highest BCUT2D eigenvalue weighted by atomic mass is 15.1. The summed E-state index contributed by atoms with van der Waals surface area (Å²) in [6, 6.07) is 3.55. The van der Waals surface area contributed by atoms with Gasteiger partial charge < -0.3 is 4.57 Å². The molecule has 0 radical (unpaired) electrons. The van der Waals surface area contributed by atoms with Gasteiger partial charge in [-0.15, -0.1) is 0 Å². The number of nitriles is 1.